The van der Waals surface area contributed by atoms with E-state index in [-0.39, 0.29) is 28.2 Å². The predicted octanol–water partition coefficient (Wildman–Crippen LogP) is 5.70. The van der Waals surface area contributed by atoms with E-state index < -0.39 is 0 Å². The van der Waals surface area contributed by atoms with Crippen LogP contribution in [0.15, 0.2) is 11.8 Å². The van der Waals surface area contributed by atoms with Crippen LogP contribution in [-0.2, 0) is 9.59 Å². The third-order valence-corrected chi connectivity index (χ3v) is 9.99. The van der Waals surface area contributed by atoms with Crippen LogP contribution >= 0.6 is 15.9 Å². The number of hydrogen-bond acceptors (Lipinski definition) is 3. The number of amides is 1. The van der Waals surface area contributed by atoms with Gasteiger partial charge in [0.25, 0.3) is 0 Å². The van der Waals surface area contributed by atoms with Gasteiger partial charge in [0.1, 0.15) is 0 Å². The molecule has 1 amide bonds. The second-order valence-electron chi connectivity index (χ2n) is 12.5. The molecule has 0 aromatic rings. The van der Waals surface area contributed by atoms with Gasteiger partial charge in [0.05, 0.1) is 0 Å². The van der Waals surface area contributed by atoms with Crippen molar-refractivity contribution < 1.29 is 9.59 Å². The van der Waals surface area contributed by atoms with Gasteiger partial charge in [-0.25, -0.2) is 0 Å². The normalized spacial score (nSPS) is 39.1. The van der Waals surface area contributed by atoms with E-state index >= 15 is 0 Å². The first-order valence-corrected chi connectivity index (χ1v) is 14.0. The van der Waals surface area contributed by atoms with Gasteiger partial charge in [0.2, 0.25) is 5.91 Å². The molecule has 1 saturated heterocycles. The fourth-order valence-electron chi connectivity index (χ4n) is 7.91. The van der Waals surface area contributed by atoms with Crippen LogP contribution in [0.25, 0.3) is 0 Å². The van der Waals surface area contributed by atoms with Gasteiger partial charge in [0, 0.05) is 53.5 Å². The molecule has 0 bridgehead atoms. The standard InChI is InChI=1S/C27H43BrN2O2/c1-25(2,3)29-24(32)22-9-8-20-19-17-30(15-7-6-14-28)23-16-18(31)10-12-27(23,5)21(19)11-13-26(20,22)4/h16,19-22H,6-15,17H2,1-5H3,(H,29,32)/t19-,20-,21-,22+,26-,27+/m0/s1. The number of halogens is 1. The Balaban J connectivity index is 1.62. The van der Waals surface area contributed by atoms with E-state index in [0.29, 0.717) is 30.0 Å². The first kappa shape index (κ1) is 24.3. The molecule has 1 heterocycles. The zero-order valence-corrected chi connectivity index (χ0v) is 22.4. The third kappa shape index (κ3) is 4.20. The quantitative estimate of drug-likeness (QED) is 0.384. The lowest BCUT2D eigenvalue weighted by Gasteiger charge is -2.61. The Hall–Kier alpha value is -0.840. The SMILES string of the molecule is CC(C)(C)NC(=O)[C@H]1CC[C@H]2[C@@H]3CN(CCCCBr)C4=CC(=O)CC[C@]4(C)[C@H]3CC[C@]12C. The number of allylic oxidation sites excluding steroid dienone is 2. The summed E-state index contributed by atoms with van der Waals surface area (Å²) >= 11 is 3.58. The number of ketones is 1. The van der Waals surface area contributed by atoms with E-state index in [9.17, 15) is 9.59 Å². The number of likely N-dealkylation sites (tertiary alicyclic amines) is 1. The van der Waals surface area contributed by atoms with Crippen LogP contribution in [0, 0.1) is 34.5 Å². The van der Waals surface area contributed by atoms with E-state index in [4.69, 9.17) is 0 Å². The molecule has 180 valence electrons. The van der Waals surface area contributed by atoms with Crippen molar-refractivity contribution in [2.24, 2.45) is 34.5 Å². The molecule has 3 fully saturated rings. The summed E-state index contributed by atoms with van der Waals surface area (Å²) in [6.45, 7) is 13.2. The minimum atomic E-state index is -0.179. The largest absolute Gasteiger partial charge is 0.374 e. The highest BCUT2D eigenvalue weighted by Gasteiger charge is 2.61. The lowest BCUT2D eigenvalue weighted by Crippen LogP contribution is -2.58. The molecule has 0 aromatic carbocycles. The van der Waals surface area contributed by atoms with Crippen molar-refractivity contribution in [2.75, 3.05) is 18.4 Å². The molecular weight excluding hydrogens is 464 g/mol. The maximum Gasteiger partial charge on any atom is 0.224 e. The Kier molecular flexibility index (Phi) is 6.64. The fourth-order valence-corrected chi connectivity index (χ4v) is 8.31. The lowest BCUT2D eigenvalue weighted by atomic mass is 9.49. The van der Waals surface area contributed by atoms with Gasteiger partial charge in [-0.05, 0) is 88.9 Å². The van der Waals surface area contributed by atoms with Crippen molar-refractivity contribution in [1.82, 2.24) is 10.2 Å². The Bertz CT molecular complexity index is 787. The maximum atomic E-state index is 13.3. The molecule has 2 saturated carbocycles. The Morgan fingerprint density at radius 3 is 2.59 bits per heavy atom. The molecule has 4 aliphatic rings. The minimum absolute atomic E-state index is 0.0973. The summed E-state index contributed by atoms with van der Waals surface area (Å²) in [4.78, 5) is 28.3. The van der Waals surface area contributed by atoms with Gasteiger partial charge in [-0.3, -0.25) is 9.59 Å². The molecule has 1 aliphatic heterocycles. The summed E-state index contributed by atoms with van der Waals surface area (Å²) in [5.41, 5.74) is 1.35. The van der Waals surface area contributed by atoms with Gasteiger partial charge in [-0.2, -0.15) is 0 Å². The monoisotopic (exact) mass is 506 g/mol. The van der Waals surface area contributed by atoms with Crippen molar-refractivity contribution in [3.63, 3.8) is 0 Å². The Labute approximate surface area is 203 Å². The topological polar surface area (TPSA) is 49.4 Å². The molecule has 32 heavy (non-hydrogen) atoms. The van der Waals surface area contributed by atoms with E-state index in [1.807, 2.05) is 6.08 Å². The average Bonchev–Trinajstić information content (AvgIpc) is 3.05. The molecule has 1 N–H and O–H groups in total. The number of piperidine rings is 1. The molecule has 3 aliphatic carbocycles. The second kappa shape index (κ2) is 8.74. The van der Waals surface area contributed by atoms with Crippen molar-refractivity contribution >= 4 is 27.6 Å². The van der Waals surface area contributed by atoms with E-state index in [1.165, 1.54) is 25.0 Å². The van der Waals surface area contributed by atoms with Crippen molar-refractivity contribution in [2.45, 2.75) is 91.5 Å². The van der Waals surface area contributed by atoms with Crippen molar-refractivity contribution in [3.05, 3.63) is 11.8 Å². The van der Waals surface area contributed by atoms with Crippen LogP contribution in [-0.4, -0.2) is 40.5 Å². The van der Waals surface area contributed by atoms with Crippen LogP contribution in [0.5, 0.6) is 0 Å². The highest BCUT2D eigenvalue weighted by Crippen LogP contribution is 2.65. The summed E-state index contributed by atoms with van der Waals surface area (Å²) in [7, 11) is 0. The number of unbranched alkanes of at least 4 members (excludes halogenated alkanes) is 1. The number of fused-ring (bicyclic) bond motifs is 5. The fraction of sp³-hybridized carbons (Fsp3) is 0.852. The number of nitrogens with zero attached hydrogens (tertiary/aromatic N) is 1. The summed E-state index contributed by atoms with van der Waals surface area (Å²) in [6, 6.07) is 0. The highest BCUT2D eigenvalue weighted by molar-refractivity contribution is 9.09. The lowest BCUT2D eigenvalue weighted by molar-refractivity contribution is -0.135. The van der Waals surface area contributed by atoms with Crippen LogP contribution < -0.4 is 5.32 Å². The summed E-state index contributed by atoms with van der Waals surface area (Å²) in [6.07, 6.45) is 10.5. The van der Waals surface area contributed by atoms with Gasteiger partial charge in [-0.1, -0.05) is 29.8 Å². The predicted molar refractivity (Wildman–Crippen MR) is 133 cm³/mol. The maximum absolute atomic E-state index is 13.3. The van der Waals surface area contributed by atoms with Gasteiger partial charge >= 0.3 is 0 Å². The smallest absolute Gasteiger partial charge is 0.224 e. The van der Waals surface area contributed by atoms with E-state index in [2.05, 4.69) is 60.8 Å². The zero-order valence-electron chi connectivity index (χ0n) is 20.8. The van der Waals surface area contributed by atoms with Gasteiger partial charge < -0.3 is 10.2 Å². The summed E-state index contributed by atoms with van der Waals surface area (Å²) in [5.74, 6) is 2.57. The van der Waals surface area contributed by atoms with Crippen LogP contribution in [0.4, 0.5) is 0 Å². The highest BCUT2D eigenvalue weighted by atomic mass is 79.9. The molecule has 0 spiro atoms. The molecule has 5 heteroatoms. The number of hydrogen-bond donors (Lipinski definition) is 1. The van der Waals surface area contributed by atoms with Gasteiger partial charge in [0.15, 0.2) is 5.78 Å². The van der Waals surface area contributed by atoms with Crippen molar-refractivity contribution in [3.8, 4) is 0 Å². The minimum Gasteiger partial charge on any atom is -0.374 e. The Morgan fingerprint density at radius 2 is 1.91 bits per heavy atom. The van der Waals surface area contributed by atoms with Gasteiger partial charge in [-0.15, -0.1) is 0 Å². The summed E-state index contributed by atoms with van der Waals surface area (Å²) < 4.78 is 0. The number of alkyl halides is 1. The average molecular weight is 508 g/mol. The number of rotatable bonds is 5. The second-order valence-corrected chi connectivity index (χ2v) is 13.3. The first-order valence-electron chi connectivity index (χ1n) is 12.9. The van der Waals surface area contributed by atoms with Crippen LogP contribution in [0.2, 0.25) is 0 Å². The van der Waals surface area contributed by atoms with Crippen LogP contribution in [0.1, 0.15) is 86.0 Å². The van der Waals surface area contributed by atoms with Crippen molar-refractivity contribution in [1.29, 1.82) is 0 Å². The van der Waals surface area contributed by atoms with Crippen LogP contribution in [0.3, 0.4) is 0 Å². The Morgan fingerprint density at radius 1 is 1.16 bits per heavy atom. The number of nitrogens with one attached hydrogen (secondary N) is 1. The zero-order chi connectivity index (χ0) is 23.3. The summed E-state index contributed by atoms with van der Waals surface area (Å²) in [5, 5.41) is 4.33. The molecule has 4 rings (SSSR count). The third-order valence-electron chi connectivity index (χ3n) is 9.43. The van der Waals surface area contributed by atoms with E-state index in [0.717, 1.165) is 44.1 Å². The molecule has 0 unspecified atom stereocenters. The molecule has 0 radical (unpaired) electrons. The molecule has 0 aromatic heterocycles. The molecule has 6 atom stereocenters. The first-order chi connectivity index (χ1) is 15.0. The number of carbonyl (C=O) groups excluding carboxylic acids is 2. The molecule has 4 nitrogen and oxygen atoms in total. The number of carbonyl (C=O) groups is 2. The van der Waals surface area contributed by atoms with E-state index in [1.54, 1.807) is 0 Å². The molecular formula is C27H43BrN2O2.